The van der Waals surface area contributed by atoms with Crippen molar-refractivity contribution in [3.63, 3.8) is 0 Å². The maximum atomic E-state index is 13.0. The lowest BCUT2D eigenvalue weighted by Gasteiger charge is -2.29. The first-order valence-corrected chi connectivity index (χ1v) is 10.4. The summed E-state index contributed by atoms with van der Waals surface area (Å²) in [4.78, 5) is 5.31. The Balaban J connectivity index is 1.69. The van der Waals surface area contributed by atoms with E-state index in [2.05, 4.69) is 20.7 Å². The Morgan fingerprint density at radius 2 is 2.00 bits per heavy atom. The number of anilines is 2. The van der Waals surface area contributed by atoms with E-state index >= 15 is 0 Å². The van der Waals surface area contributed by atoms with Gasteiger partial charge in [0.15, 0.2) is 0 Å². The van der Waals surface area contributed by atoms with E-state index in [1.54, 1.807) is 36.5 Å². The maximum Gasteiger partial charge on any atom is 0.262 e. The number of H-pyrrole nitrogens is 1. The summed E-state index contributed by atoms with van der Waals surface area (Å²) < 4.78 is 34.0. The molecule has 1 fully saturated rings. The van der Waals surface area contributed by atoms with Crippen molar-refractivity contribution in [3.8, 4) is 6.07 Å². The van der Waals surface area contributed by atoms with Gasteiger partial charge in [0, 0.05) is 30.4 Å². The monoisotopic (exact) mass is 396 g/mol. The standard InChI is InChI=1S/C20H20N4O3S/c1-14-5-6-18(20-19(14)15(12-21)13-22-20)23-28(25,26)17-4-2-3-16(11-17)24-7-9-27-10-8-24/h2-6,11,13,22-23H,7-10H2,1H3. The summed E-state index contributed by atoms with van der Waals surface area (Å²) in [7, 11) is -3.79. The molecule has 0 aliphatic carbocycles. The SMILES string of the molecule is Cc1ccc(NS(=O)(=O)c2cccc(N3CCOCC3)c2)c2[nH]cc(C#N)c12. The number of nitriles is 1. The molecule has 0 bridgehead atoms. The van der Waals surface area contributed by atoms with Crippen molar-refractivity contribution in [2.75, 3.05) is 35.9 Å². The zero-order valence-electron chi connectivity index (χ0n) is 15.4. The second-order valence-electron chi connectivity index (χ2n) is 6.70. The van der Waals surface area contributed by atoms with Gasteiger partial charge in [-0.1, -0.05) is 12.1 Å². The molecule has 0 atom stereocenters. The highest BCUT2D eigenvalue weighted by Crippen LogP contribution is 2.30. The first kappa shape index (κ1) is 18.3. The van der Waals surface area contributed by atoms with Crippen LogP contribution in [0.25, 0.3) is 10.9 Å². The summed E-state index contributed by atoms with van der Waals surface area (Å²) in [5.41, 5.74) is 3.27. The lowest BCUT2D eigenvalue weighted by molar-refractivity contribution is 0.122. The highest BCUT2D eigenvalue weighted by atomic mass is 32.2. The topological polar surface area (TPSA) is 98.2 Å². The van der Waals surface area contributed by atoms with E-state index in [1.165, 1.54) is 0 Å². The minimum absolute atomic E-state index is 0.192. The van der Waals surface area contributed by atoms with Crippen LogP contribution in [0.3, 0.4) is 0 Å². The molecule has 0 spiro atoms. The van der Waals surface area contributed by atoms with Crippen LogP contribution >= 0.6 is 0 Å². The second-order valence-corrected chi connectivity index (χ2v) is 8.38. The average molecular weight is 396 g/mol. The fourth-order valence-electron chi connectivity index (χ4n) is 3.47. The Labute approximate surface area is 163 Å². The van der Waals surface area contributed by atoms with Gasteiger partial charge in [-0.15, -0.1) is 0 Å². The Kier molecular flexibility index (Phi) is 4.71. The van der Waals surface area contributed by atoms with Crippen LogP contribution in [0.1, 0.15) is 11.1 Å². The van der Waals surface area contributed by atoms with Crippen LogP contribution in [0.15, 0.2) is 47.5 Å². The van der Waals surface area contributed by atoms with E-state index in [-0.39, 0.29) is 4.90 Å². The number of benzene rings is 2. The van der Waals surface area contributed by atoms with Crippen LogP contribution in [0, 0.1) is 18.3 Å². The van der Waals surface area contributed by atoms with Crippen LogP contribution < -0.4 is 9.62 Å². The van der Waals surface area contributed by atoms with E-state index in [0.29, 0.717) is 30.0 Å². The molecule has 4 rings (SSSR count). The van der Waals surface area contributed by atoms with Gasteiger partial charge in [-0.25, -0.2) is 8.42 Å². The van der Waals surface area contributed by atoms with Gasteiger partial charge in [0.25, 0.3) is 10.0 Å². The number of aryl methyl sites for hydroxylation is 1. The third kappa shape index (κ3) is 3.30. The van der Waals surface area contributed by atoms with Gasteiger partial charge in [-0.2, -0.15) is 5.26 Å². The Morgan fingerprint density at radius 3 is 2.75 bits per heavy atom. The number of aromatic amines is 1. The predicted octanol–water partition coefficient (Wildman–Crippen LogP) is 2.99. The van der Waals surface area contributed by atoms with Crippen molar-refractivity contribution in [3.05, 3.63) is 53.7 Å². The lowest BCUT2D eigenvalue weighted by Crippen LogP contribution is -2.36. The Morgan fingerprint density at radius 1 is 1.21 bits per heavy atom. The molecule has 2 aromatic carbocycles. The van der Waals surface area contributed by atoms with E-state index in [4.69, 9.17) is 4.74 Å². The smallest absolute Gasteiger partial charge is 0.262 e. The number of fused-ring (bicyclic) bond motifs is 1. The maximum absolute atomic E-state index is 13.0. The van der Waals surface area contributed by atoms with E-state index in [1.807, 2.05) is 13.0 Å². The van der Waals surface area contributed by atoms with Crippen LogP contribution in [0.5, 0.6) is 0 Å². The fraction of sp³-hybridized carbons (Fsp3) is 0.250. The van der Waals surface area contributed by atoms with Crippen LogP contribution in [-0.4, -0.2) is 39.7 Å². The third-order valence-electron chi connectivity index (χ3n) is 4.91. The minimum Gasteiger partial charge on any atom is -0.378 e. The van der Waals surface area contributed by atoms with Crippen LogP contribution in [0.4, 0.5) is 11.4 Å². The highest BCUT2D eigenvalue weighted by Gasteiger charge is 2.20. The molecule has 0 unspecified atom stereocenters. The van der Waals surface area contributed by atoms with Gasteiger partial charge in [0.1, 0.15) is 6.07 Å². The largest absolute Gasteiger partial charge is 0.378 e. The number of nitrogens with zero attached hydrogens (tertiary/aromatic N) is 2. The molecule has 144 valence electrons. The van der Waals surface area contributed by atoms with E-state index in [9.17, 15) is 13.7 Å². The van der Waals surface area contributed by atoms with Crippen molar-refractivity contribution in [2.45, 2.75) is 11.8 Å². The molecular weight excluding hydrogens is 376 g/mol. The zero-order valence-corrected chi connectivity index (χ0v) is 16.2. The number of aromatic nitrogens is 1. The molecule has 2 N–H and O–H groups in total. The Hall–Kier alpha value is -3.02. The van der Waals surface area contributed by atoms with Gasteiger partial charge in [-0.3, -0.25) is 4.72 Å². The number of hydrogen-bond acceptors (Lipinski definition) is 5. The lowest BCUT2D eigenvalue weighted by atomic mass is 10.1. The van der Waals surface area contributed by atoms with Crippen LogP contribution in [-0.2, 0) is 14.8 Å². The zero-order chi connectivity index (χ0) is 19.7. The van der Waals surface area contributed by atoms with Crippen LogP contribution in [0.2, 0.25) is 0 Å². The molecule has 3 aromatic rings. The molecule has 0 radical (unpaired) electrons. The predicted molar refractivity (Wildman–Crippen MR) is 108 cm³/mol. The van der Waals surface area contributed by atoms with Crippen molar-refractivity contribution < 1.29 is 13.2 Å². The number of morpholine rings is 1. The normalized spacial score (nSPS) is 14.8. The summed E-state index contributed by atoms with van der Waals surface area (Å²) >= 11 is 0. The van der Waals surface area contributed by atoms with Crippen molar-refractivity contribution in [1.82, 2.24) is 4.98 Å². The number of hydrogen-bond donors (Lipinski definition) is 2. The first-order valence-electron chi connectivity index (χ1n) is 8.96. The molecule has 2 heterocycles. The molecule has 1 saturated heterocycles. The molecule has 1 aliphatic rings. The summed E-state index contributed by atoms with van der Waals surface area (Å²) in [5.74, 6) is 0. The number of ether oxygens (including phenoxy) is 1. The molecular formula is C20H20N4O3S. The summed E-state index contributed by atoms with van der Waals surface area (Å²) in [5, 5.41) is 10.0. The summed E-state index contributed by atoms with van der Waals surface area (Å²) in [6.07, 6.45) is 1.59. The Bertz CT molecular complexity index is 1170. The molecule has 0 amide bonds. The van der Waals surface area contributed by atoms with Crippen molar-refractivity contribution in [1.29, 1.82) is 5.26 Å². The summed E-state index contributed by atoms with van der Waals surface area (Å²) in [6.45, 7) is 4.61. The van der Waals surface area contributed by atoms with Gasteiger partial charge in [0.05, 0.1) is 34.9 Å². The average Bonchev–Trinajstić information content (AvgIpc) is 3.16. The van der Waals surface area contributed by atoms with Gasteiger partial charge in [0.2, 0.25) is 0 Å². The van der Waals surface area contributed by atoms with Gasteiger partial charge < -0.3 is 14.6 Å². The second kappa shape index (κ2) is 7.19. The number of nitrogens with one attached hydrogen (secondary N) is 2. The minimum atomic E-state index is -3.79. The molecule has 1 aromatic heterocycles. The van der Waals surface area contributed by atoms with E-state index in [0.717, 1.165) is 29.7 Å². The number of rotatable bonds is 4. The fourth-order valence-corrected chi connectivity index (χ4v) is 4.58. The quantitative estimate of drug-likeness (QED) is 0.706. The van der Waals surface area contributed by atoms with Gasteiger partial charge >= 0.3 is 0 Å². The first-order chi connectivity index (χ1) is 13.5. The van der Waals surface area contributed by atoms with Crippen molar-refractivity contribution in [2.24, 2.45) is 0 Å². The molecule has 28 heavy (non-hydrogen) atoms. The molecule has 7 nitrogen and oxygen atoms in total. The molecule has 0 saturated carbocycles. The third-order valence-corrected chi connectivity index (χ3v) is 6.28. The number of sulfonamides is 1. The van der Waals surface area contributed by atoms with E-state index < -0.39 is 10.0 Å². The molecule has 1 aliphatic heterocycles. The van der Waals surface area contributed by atoms with Gasteiger partial charge in [-0.05, 0) is 36.8 Å². The molecule has 8 heteroatoms. The highest BCUT2D eigenvalue weighted by molar-refractivity contribution is 7.92. The van der Waals surface area contributed by atoms with Crippen molar-refractivity contribution >= 4 is 32.3 Å². The summed E-state index contributed by atoms with van der Waals surface area (Å²) in [6, 6.07) is 12.5.